The van der Waals surface area contributed by atoms with E-state index in [1.807, 2.05) is 67.6 Å². The van der Waals surface area contributed by atoms with E-state index in [4.69, 9.17) is 21.1 Å². The van der Waals surface area contributed by atoms with Crippen molar-refractivity contribution in [1.29, 1.82) is 0 Å². The molecule has 0 saturated carbocycles. The molecule has 0 fully saturated rings. The van der Waals surface area contributed by atoms with Crippen LogP contribution in [0.4, 0.5) is 0 Å². The number of ether oxygens (including phenoxy) is 2. The van der Waals surface area contributed by atoms with E-state index in [0.29, 0.717) is 48.9 Å². The summed E-state index contributed by atoms with van der Waals surface area (Å²) in [6.07, 6.45) is 1.48. The third kappa shape index (κ3) is 6.55. The van der Waals surface area contributed by atoms with Crippen LogP contribution in [0.2, 0.25) is 5.02 Å². The highest BCUT2D eigenvalue weighted by molar-refractivity contribution is 6.30. The van der Waals surface area contributed by atoms with E-state index in [-0.39, 0.29) is 18.6 Å². The Balaban J connectivity index is 1.57. The monoisotopic (exact) mass is 492 g/mol. The number of rotatable bonds is 10. The fourth-order valence-corrected chi connectivity index (χ4v) is 4.18. The van der Waals surface area contributed by atoms with Crippen LogP contribution in [0.1, 0.15) is 36.5 Å². The quantitative estimate of drug-likeness (QED) is 0.426. The van der Waals surface area contributed by atoms with Crippen molar-refractivity contribution in [2.45, 2.75) is 45.3 Å². The summed E-state index contributed by atoms with van der Waals surface area (Å²) in [5.74, 6) is 1.10. The van der Waals surface area contributed by atoms with Gasteiger partial charge in [0.25, 0.3) is 0 Å². The van der Waals surface area contributed by atoms with Crippen molar-refractivity contribution in [3.63, 3.8) is 0 Å². The molecule has 0 unspecified atom stereocenters. The lowest BCUT2D eigenvalue weighted by atomic mass is 10.0. The van der Waals surface area contributed by atoms with Gasteiger partial charge in [0, 0.05) is 31.0 Å². The fraction of sp³-hybridized carbons (Fsp3) is 0.286. The van der Waals surface area contributed by atoms with Gasteiger partial charge in [-0.05, 0) is 47.4 Å². The van der Waals surface area contributed by atoms with Gasteiger partial charge in [0.2, 0.25) is 18.6 Å². The van der Waals surface area contributed by atoms with Gasteiger partial charge in [-0.1, -0.05) is 67.1 Å². The Kier molecular flexibility index (Phi) is 8.27. The van der Waals surface area contributed by atoms with Crippen molar-refractivity contribution in [2.24, 2.45) is 0 Å². The molecule has 0 aliphatic carbocycles. The molecule has 0 spiro atoms. The molecule has 0 bridgehead atoms. The molecule has 0 radical (unpaired) electrons. The Hall–Kier alpha value is -3.51. The average molecular weight is 493 g/mol. The van der Waals surface area contributed by atoms with Crippen LogP contribution >= 0.6 is 11.6 Å². The molecule has 6 nitrogen and oxygen atoms in total. The molecule has 1 aliphatic rings. The largest absolute Gasteiger partial charge is 0.454 e. The summed E-state index contributed by atoms with van der Waals surface area (Å²) < 4.78 is 10.8. The maximum absolute atomic E-state index is 13.6. The Morgan fingerprint density at radius 2 is 1.66 bits per heavy atom. The maximum atomic E-state index is 13.6. The van der Waals surface area contributed by atoms with Gasteiger partial charge in [0.05, 0.1) is 0 Å². The standard InChI is InChI=1S/C28H29ClN2O4/c1-2-6-27(32)31(18-21-9-12-23(29)13-10-21)24(15-20-7-4-3-5-8-20)28(33)30-17-22-11-14-25-26(16-22)35-19-34-25/h3-5,7-14,16,24H,2,6,15,17-19H2,1H3,(H,30,33)/t24-/m1/s1. The van der Waals surface area contributed by atoms with Crippen molar-refractivity contribution in [3.05, 3.63) is 94.5 Å². The highest BCUT2D eigenvalue weighted by Crippen LogP contribution is 2.32. The SMILES string of the molecule is CCCC(=O)N(Cc1ccc(Cl)cc1)[C@H](Cc1ccccc1)C(=O)NCc1ccc2c(c1)OCO2. The minimum Gasteiger partial charge on any atom is -0.454 e. The van der Waals surface area contributed by atoms with Gasteiger partial charge >= 0.3 is 0 Å². The third-order valence-electron chi connectivity index (χ3n) is 5.90. The van der Waals surface area contributed by atoms with Crippen LogP contribution in [0.5, 0.6) is 11.5 Å². The van der Waals surface area contributed by atoms with Crippen LogP contribution in [-0.4, -0.2) is 29.5 Å². The highest BCUT2D eigenvalue weighted by atomic mass is 35.5. The lowest BCUT2D eigenvalue weighted by Gasteiger charge is -2.31. The summed E-state index contributed by atoms with van der Waals surface area (Å²) in [7, 11) is 0. The topological polar surface area (TPSA) is 67.9 Å². The molecule has 1 aliphatic heterocycles. The first-order chi connectivity index (χ1) is 17.0. The number of nitrogens with one attached hydrogen (secondary N) is 1. The molecule has 35 heavy (non-hydrogen) atoms. The second-order valence-corrected chi connectivity index (χ2v) is 8.95. The molecule has 182 valence electrons. The number of hydrogen-bond donors (Lipinski definition) is 1. The minimum absolute atomic E-state index is 0.0541. The van der Waals surface area contributed by atoms with Crippen LogP contribution in [0.25, 0.3) is 0 Å². The molecule has 4 rings (SSSR count). The molecule has 7 heteroatoms. The van der Waals surface area contributed by atoms with Crippen molar-refractivity contribution in [3.8, 4) is 11.5 Å². The smallest absolute Gasteiger partial charge is 0.243 e. The Labute approximate surface area is 210 Å². The van der Waals surface area contributed by atoms with E-state index < -0.39 is 6.04 Å². The van der Waals surface area contributed by atoms with Gasteiger partial charge in [-0.2, -0.15) is 0 Å². The number of hydrogen-bond acceptors (Lipinski definition) is 4. The Morgan fingerprint density at radius 1 is 0.943 bits per heavy atom. The average Bonchev–Trinajstić information content (AvgIpc) is 3.34. The number of nitrogens with zero attached hydrogens (tertiary/aromatic N) is 1. The molecule has 3 aromatic rings. The van der Waals surface area contributed by atoms with Gasteiger partial charge in [-0.15, -0.1) is 0 Å². The maximum Gasteiger partial charge on any atom is 0.243 e. The molecular formula is C28H29ClN2O4. The first kappa shape index (κ1) is 24.6. The van der Waals surface area contributed by atoms with E-state index >= 15 is 0 Å². The first-order valence-electron chi connectivity index (χ1n) is 11.8. The summed E-state index contributed by atoms with van der Waals surface area (Å²) in [6, 6.07) is 22.1. The second-order valence-electron chi connectivity index (χ2n) is 8.51. The van der Waals surface area contributed by atoms with Crippen molar-refractivity contribution in [2.75, 3.05) is 6.79 Å². The molecule has 0 aromatic heterocycles. The molecule has 1 atom stereocenters. The van der Waals surface area contributed by atoms with Crippen molar-refractivity contribution < 1.29 is 19.1 Å². The van der Waals surface area contributed by atoms with Crippen LogP contribution < -0.4 is 14.8 Å². The molecule has 2 amide bonds. The number of amides is 2. The summed E-state index contributed by atoms with van der Waals surface area (Å²) >= 11 is 6.05. The zero-order valence-electron chi connectivity index (χ0n) is 19.7. The predicted octanol–water partition coefficient (Wildman–Crippen LogP) is 5.13. The normalized spacial score (nSPS) is 12.7. The predicted molar refractivity (Wildman–Crippen MR) is 135 cm³/mol. The number of benzene rings is 3. The van der Waals surface area contributed by atoms with Gasteiger partial charge in [0.1, 0.15) is 6.04 Å². The number of carbonyl (C=O) groups excluding carboxylic acids is 2. The van der Waals surface area contributed by atoms with Crippen LogP contribution in [0, 0.1) is 0 Å². The van der Waals surface area contributed by atoms with E-state index in [0.717, 1.165) is 16.7 Å². The van der Waals surface area contributed by atoms with Crippen molar-refractivity contribution in [1.82, 2.24) is 10.2 Å². The Bertz CT molecular complexity index is 1150. The third-order valence-corrected chi connectivity index (χ3v) is 6.16. The first-order valence-corrected chi connectivity index (χ1v) is 12.2. The summed E-state index contributed by atoms with van der Waals surface area (Å²) in [5.41, 5.74) is 2.80. The summed E-state index contributed by atoms with van der Waals surface area (Å²) in [5, 5.41) is 3.66. The van der Waals surface area contributed by atoms with E-state index in [9.17, 15) is 9.59 Å². The fourth-order valence-electron chi connectivity index (χ4n) is 4.06. The van der Waals surface area contributed by atoms with Gasteiger partial charge in [-0.3, -0.25) is 9.59 Å². The van der Waals surface area contributed by atoms with Crippen LogP contribution in [0.3, 0.4) is 0 Å². The lowest BCUT2D eigenvalue weighted by molar-refractivity contribution is -0.141. The van der Waals surface area contributed by atoms with Gasteiger partial charge in [-0.25, -0.2) is 0 Å². The van der Waals surface area contributed by atoms with Crippen LogP contribution in [0.15, 0.2) is 72.8 Å². The van der Waals surface area contributed by atoms with Crippen LogP contribution in [-0.2, 0) is 29.1 Å². The van der Waals surface area contributed by atoms with Gasteiger partial charge < -0.3 is 19.7 Å². The van der Waals surface area contributed by atoms with E-state index in [1.54, 1.807) is 17.0 Å². The highest BCUT2D eigenvalue weighted by Gasteiger charge is 2.30. The molecule has 1 N–H and O–H groups in total. The summed E-state index contributed by atoms with van der Waals surface area (Å²) in [4.78, 5) is 28.5. The number of fused-ring (bicyclic) bond motifs is 1. The summed E-state index contributed by atoms with van der Waals surface area (Å²) in [6.45, 7) is 2.80. The number of halogens is 1. The lowest BCUT2D eigenvalue weighted by Crippen LogP contribution is -2.50. The minimum atomic E-state index is -0.666. The number of carbonyl (C=O) groups is 2. The Morgan fingerprint density at radius 3 is 2.40 bits per heavy atom. The zero-order chi connectivity index (χ0) is 24.6. The molecule has 0 saturated heterocycles. The molecule has 3 aromatic carbocycles. The molecule has 1 heterocycles. The van der Waals surface area contributed by atoms with Crippen molar-refractivity contribution >= 4 is 23.4 Å². The molecular weight excluding hydrogens is 464 g/mol. The van der Waals surface area contributed by atoms with Gasteiger partial charge in [0.15, 0.2) is 11.5 Å². The van der Waals surface area contributed by atoms with E-state index in [1.165, 1.54) is 0 Å². The zero-order valence-corrected chi connectivity index (χ0v) is 20.5. The second kappa shape index (κ2) is 11.8. The van der Waals surface area contributed by atoms with E-state index in [2.05, 4.69) is 5.32 Å².